The van der Waals surface area contributed by atoms with Gasteiger partial charge in [-0.1, -0.05) is 48.5 Å². The van der Waals surface area contributed by atoms with Crippen LogP contribution in [0.1, 0.15) is 11.1 Å². The highest BCUT2D eigenvalue weighted by Crippen LogP contribution is 2.36. The molecule has 0 amide bonds. The van der Waals surface area contributed by atoms with Crippen LogP contribution in [-0.4, -0.2) is 10.2 Å². The van der Waals surface area contributed by atoms with Crippen molar-refractivity contribution in [3.63, 3.8) is 0 Å². The third-order valence-electron chi connectivity index (χ3n) is 5.12. The van der Waals surface area contributed by atoms with Crippen LogP contribution in [0, 0.1) is 0 Å². The van der Waals surface area contributed by atoms with Crippen LogP contribution in [-0.2, 0) is 13.2 Å². The number of anilines is 4. The first-order valence-corrected chi connectivity index (χ1v) is 9.83. The summed E-state index contributed by atoms with van der Waals surface area (Å²) < 4.78 is 0. The summed E-state index contributed by atoms with van der Waals surface area (Å²) in [5.41, 5.74) is 13.5. The van der Waals surface area contributed by atoms with Gasteiger partial charge in [0, 0.05) is 22.7 Å². The standard InChI is InChI=1S/C26H24N2O2/c27-23-9-5-21(6-10-23)22-7-15-26(16-8-22)28(24-11-1-19(17-29)2-12-24)25-13-3-20(18-30)4-14-25/h1-16,29-30H,17-18,27H2. The first kappa shape index (κ1) is 19.7. The molecule has 0 saturated heterocycles. The van der Waals surface area contributed by atoms with Crippen molar-refractivity contribution < 1.29 is 10.2 Å². The smallest absolute Gasteiger partial charge is 0.0681 e. The maximum Gasteiger partial charge on any atom is 0.0681 e. The van der Waals surface area contributed by atoms with Gasteiger partial charge in [-0.2, -0.15) is 0 Å². The molecular formula is C26H24N2O2. The van der Waals surface area contributed by atoms with Gasteiger partial charge in [-0.3, -0.25) is 0 Å². The molecule has 0 aliphatic carbocycles. The van der Waals surface area contributed by atoms with Crippen LogP contribution in [0.3, 0.4) is 0 Å². The average Bonchev–Trinajstić information content (AvgIpc) is 2.81. The van der Waals surface area contributed by atoms with Crippen molar-refractivity contribution in [3.05, 3.63) is 108 Å². The second-order valence-corrected chi connectivity index (χ2v) is 7.15. The van der Waals surface area contributed by atoms with Gasteiger partial charge in [0.25, 0.3) is 0 Å². The summed E-state index contributed by atoms with van der Waals surface area (Å²) in [5, 5.41) is 18.7. The molecule has 0 spiro atoms. The Hall–Kier alpha value is -3.60. The van der Waals surface area contributed by atoms with E-state index in [0.717, 1.165) is 45.0 Å². The Kier molecular flexibility index (Phi) is 5.80. The summed E-state index contributed by atoms with van der Waals surface area (Å²) in [7, 11) is 0. The molecule has 4 N–H and O–H groups in total. The molecule has 4 heteroatoms. The lowest BCUT2D eigenvalue weighted by Gasteiger charge is -2.26. The molecule has 0 fully saturated rings. The van der Waals surface area contributed by atoms with Crippen LogP contribution in [0.5, 0.6) is 0 Å². The lowest BCUT2D eigenvalue weighted by atomic mass is 10.0. The van der Waals surface area contributed by atoms with Gasteiger partial charge in [0.1, 0.15) is 0 Å². The second kappa shape index (κ2) is 8.82. The van der Waals surface area contributed by atoms with Crippen LogP contribution in [0.4, 0.5) is 22.7 Å². The second-order valence-electron chi connectivity index (χ2n) is 7.15. The molecule has 4 aromatic carbocycles. The number of nitrogens with zero attached hydrogens (tertiary/aromatic N) is 1. The van der Waals surface area contributed by atoms with Gasteiger partial charge >= 0.3 is 0 Å². The van der Waals surface area contributed by atoms with Crippen molar-refractivity contribution in [2.45, 2.75) is 13.2 Å². The van der Waals surface area contributed by atoms with E-state index < -0.39 is 0 Å². The molecule has 4 aromatic rings. The zero-order chi connectivity index (χ0) is 20.9. The van der Waals surface area contributed by atoms with Gasteiger partial charge in [-0.05, 0) is 70.8 Å². The molecule has 0 atom stereocenters. The van der Waals surface area contributed by atoms with Gasteiger partial charge in [0.15, 0.2) is 0 Å². The minimum absolute atomic E-state index is 0.0156. The van der Waals surface area contributed by atoms with E-state index in [9.17, 15) is 10.2 Å². The van der Waals surface area contributed by atoms with Crippen LogP contribution in [0.25, 0.3) is 11.1 Å². The lowest BCUT2D eigenvalue weighted by Crippen LogP contribution is -2.10. The summed E-state index contributed by atoms with van der Waals surface area (Å²) in [5.74, 6) is 0. The Labute approximate surface area is 176 Å². The topological polar surface area (TPSA) is 69.7 Å². The van der Waals surface area contributed by atoms with Crippen LogP contribution in [0.15, 0.2) is 97.1 Å². The molecule has 4 rings (SSSR count). The largest absolute Gasteiger partial charge is 0.399 e. The summed E-state index contributed by atoms with van der Waals surface area (Å²) in [4.78, 5) is 2.15. The molecular weight excluding hydrogens is 372 g/mol. The molecule has 0 saturated carbocycles. The normalized spacial score (nSPS) is 10.7. The van der Waals surface area contributed by atoms with Crippen LogP contribution in [0.2, 0.25) is 0 Å². The fourth-order valence-electron chi connectivity index (χ4n) is 3.43. The third kappa shape index (κ3) is 4.20. The van der Waals surface area contributed by atoms with Crippen molar-refractivity contribution in [2.75, 3.05) is 10.6 Å². The Morgan fingerprint density at radius 2 is 0.833 bits per heavy atom. The molecule has 0 aliphatic heterocycles. The summed E-state index contributed by atoms with van der Waals surface area (Å²) in [6, 6.07) is 31.9. The molecule has 0 unspecified atom stereocenters. The summed E-state index contributed by atoms with van der Waals surface area (Å²) in [6.07, 6.45) is 0. The highest BCUT2D eigenvalue weighted by molar-refractivity contribution is 5.78. The number of nitrogens with two attached hydrogens (primary N) is 1. The first-order valence-electron chi connectivity index (χ1n) is 9.83. The number of nitrogen functional groups attached to an aromatic ring is 1. The zero-order valence-corrected chi connectivity index (χ0v) is 16.6. The molecule has 30 heavy (non-hydrogen) atoms. The van der Waals surface area contributed by atoms with Crippen LogP contribution >= 0.6 is 0 Å². The van der Waals surface area contributed by atoms with Crippen LogP contribution < -0.4 is 10.6 Å². The van der Waals surface area contributed by atoms with E-state index in [-0.39, 0.29) is 13.2 Å². The number of aliphatic hydroxyl groups excluding tert-OH is 2. The van der Waals surface area contributed by atoms with Crippen molar-refractivity contribution in [1.29, 1.82) is 0 Å². The number of hydrogen-bond donors (Lipinski definition) is 3. The van der Waals surface area contributed by atoms with Crippen molar-refractivity contribution in [1.82, 2.24) is 0 Å². The van der Waals surface area contributed by atoms with Gasteiger partial charge in [0.2, 0.25) is 0 Å². The third-order valence-corrected chi connectivity index (χ3v) is 5.12. The Balaban J connectivity index is 1.73. The van der Waals surface area contributed by atoms with Crippen molar-refractivity contribution in [3.8, 4) is 11.1 Å². The maximum absolute atomic E-state index is 9.37. The van der Waals surface area contributed by atoms with E-state index >= 15 is 0 Å². The molecule has 0 bridgehead atoms. The maximum atomic E-state index is 9.37. The predicted octanol–water partition coefficient (Wildman–Crippen LogP) is 5.39. The summed E-state index contributed by atoms with van der Waals surface area (Å²) in [6.45, 7) is 0.0313. The highest BCUT2D eigenvalue weighted by Gasteiger charge is 2.13. The number of benzene rings is 4. The monoisotopic (exact) mass is 396 g/mol. The number of hydrogen-bond acceptors (Lipinski definition) is 4. The van der Waals surface area contributed by atoms with E-state index in [1.54, 1.807) is 0 Å². The van der Waals surface area contributed by atoms with E-state index in [0.29, 0.717) is 0 Å². The number of aliphatic hydroxyl groups is 2. The molecule has 0 heterocycles. The molecule has 0 aliphatic rings. The number of rotatable bonds is 6. The van der Waals surface area contributed by atoms with E-state index in [4.69, 9.17) is 5.73 Å². The highest BCUT2D eigenvalue weighted by atomic mass is 16.3. The molecule has 150 valence electrons. The Morgan fingerprint density at radius 3 is 1.20 bits per heavy atom. The van der Waals surface area contributed by atoms with Gasteiger partial charge in [-0.15, -0.1) is 0 Å². The molecule has 0 aromatic heterocycles. The quantitative estimate of drug-likeness (QED) is 0.382. The minimum atomic E-state index is 0.0156. The Morgan fingerprint density at radius 1 is 0.500 bits per heavy atom. The lowest BCUT2D eigenvalue weighted by molar-refractivity contribution is 0.281. The first-order chi connectivity index (χ1) is 14.7. The van der Waals surface area contributed by atoms with Gasteiger partial charge in [-0.25, -0.2) is 0 Å². The van der Waals surface area contributed by atoms with Crippen molar-refractivity contribution >= 4 is 22.7 Å². The van der Waals surface area contributed by atoms with E-state index in [1.165, 1.54) is 0 Å². The zero-order valence-electron chi connectivity index (χ0n) is 16.6. The van der Waals surface area contributed by atoms with Gasteiger partial charge < -0.3 is 20.8 Å². The van der Waals surface area contributed by atoms with Gasteiger partial charge in [0.05, 0.1) is 13.2 Å². The molecule has 4 nitrogen and oxygen atoms in total. The molecule has 0 radical (unpaired) electrons. The fraction of sp³-hybridized carbons (Fsp3) is 0.0769. The minimum Gasteiger partial charge on any atom is -0.399 e. The SMILES string of the molecule is Nc1ccc(-c2ccc(N(c3ccc(CO)cc3)c3ccc(CO)cc3)cc2)cc1. The fourth-order valence-corrected chi connectivity index (χ4v) is 3.43. The average molecular weight is 396 g/mol. The summed E-state index contributed by atoms with van der Waals surface area (Å²) >= 11 is 0. The predicted molar refractivity (Wildman–Crippen MR) is 123 cm³/mol. The van der Waals surface area contributed by atoms with E-state index in [1.807, 2.05) is 72.8 Å². The Bertz CT molecular complexity index is 1040. The van der Waals surface area contributed by atoms with Crippen molar-refractivity contribution in [2.24, 2.45) is 0 Å². The van der Waals surface area contributed by atoms with E-state index in [2.05, 4.69) is 29.2 Å².